The number of piperazine rings is 1. The van der Waals surface area contributed by atoms with Gasteiger partial charge in [0.2, 0.25) is 0 Å². The Morgan fingerprint density at radius 2 is 2.00 bits per heavy atom. The van der Waals surface area contributed by atoms with Crippen LogP contribution in [0.1, 0.15) is 49.1 Å². The predicted molar refractivity (Wildman–Crippen MR) is 162 cm³/mol. The molecule has 3 saturated heterocycles. The Balaban J connectivity index is 1.25. The number of amides is 1. The smallest absolute Gasteiger partial charge is 0.355 e. The van der Waals surface area contributed by atoms with Crippen LogP contribution in [0.15, 0.2) is 42.5 Å². The molecule has 7 atom stereocenters. The monoisotopic (exact) mass is 616 g/mol. The number of nitrogens with one attached hydrogen (secondary N) is 2. The van der Waals surface area contributed by atoms with E-state index in [4.69, 9.17) is 22.9 Å². The average Bonchev–Trinajstić information content (AvgIpc) is 3.79. The molecule has 3 aliphatic rings. The van der Waals surface area contributed by atoms with E-state index in [0.29, 0.717) is 60.8 Å². The summed E-state index contributed by atoms with van der Waals surface area (Å²) < 4.78 is 42.4. The third-order valence-electron chi connectivity index (χ3n) is 8.97. The van der Waals surface area contributed by atoms with Gasteiger partial charge in [0, 0.05) is 66.5 Å². The minimum atomic E-state index is -2.00. The van der Waals surface area contributed by atoms with Crippen LogP contribution in [-0.4, -0.2) is 75.8 Å². The number of carbonyl (C=O) groups excluding carboxylic acids is 1. The van der Waals surface area contributed by atoms with E-state index in [9.17, 15) is 13.6 Å². The third kappa shape index (κ3) is 7.57. The summed E-state index contributed by atoms with van der Waals surface area (Å²) in [6.07, 6.45) is 4.22. The molecule has 2 aromatic carbocycles. The van der Waals surface area contributed by atoms with Crippen molar-refractivity contribution in [1.82, 2.24) is 10.2 Å². The summed E-state index contributed by atoms with van der Waals surface area (Å²) in [6.45, 7) is 8.85. The summed E-state index contributed by atoms with van der Waals surface area (Å²) in [5.41, 5.74) is 1.82. The first-order valence-corrected chi connectivity index (χ1v) is 16.3. The van der Waals surface area contributed by atoms with E-state index < -0.39 is 17.1 Å². The molecule has 42 heavy (non-hydrogen) atoms. The second-order valence-corrected chi connectivity index (χ2v) is 12.9. The molecule has 0 aliphatic carbocycles. The first-order valence-electron chi connectivity index (χ1n) is 14.7. The largest absolute Gasteiger partial charge is 0.772 e. The van der Waals surface area contributed by atoms with E-state index in [0.717, 1.165) is 37.9 Å². The van der Waals surface area contributed by atoms with Gasteiger partial charge >= 0.3 is 11.9 Å². The fourth-order valence-corrected chi connectivity index (χ4v) is 7.25. The van der Waals surface area contributed by atoms with Crippen LogP contribution >= 0.6 is 11.6 Å². The zero-order valence-electron chi connectivity index (χ0n) is 23.6. The molecular formula is C31H38ClFN4O4S. The average molecular weight is 617 g/mol. The van der Waals surface area contributed by atoms with Gasteiger partial charge in [-0.25, -0.2) is 4.39 Å². The highest BCUT2D eigenvalue weighted by Crippen LogP contribution is 2.38. The fourth-order valence-electron chi connectivity index (χ4n) is 6.72. The predicted octanol–water partition coefficient (Wildman–Crippen LogP) is 4.58. The van der Waals surface area contributed by atoms with Crippen molar-refractivity contribution in [2.75, 3.05) is 37.4 Å². The van der Waals surface area contributed by atoms with E-state index in [1.807, 2.05) is 12.1 Å². The number of ether oxygens (including phenoxy) is 1. The normalized spacial score (nSPS) is 26.0. The van der Waals surface area contributed by atoms with Crippen LogP contribution in [0, 0.1) is 18.3 Å². The lowest BCUT2D eigenvalue weighted by molar-refractivity contribution is -0.117. The fraction of sp³-hybridized carbons (Fsp3) is 0.548. The Morgan fingerprint density at radius 1 is 1.24 bits per heavy atom. The van der Waals surface area contributed by atoms with Gasteiger partial charge in [0.1, 0.15) is 5.82 Å². The number of fused-ring (bicyclic) bond motifs is 1. The summed E-state index contributed by atoms with van der Waals surface area (Å²) in [4.78, 5) is 20.2. The summed E-state index contributed by atoms with van der Waals surface area (Å²) in [6, 6.07) is 12.2. The van der Waals surface area contributed by atoms with Gasteiger partial charge < -0.3 is 19.9 Å². The maximum absolute atomic E-state index is 15.2. The van der Waals surface area contributed by atoms with E-state index in [1.165, 1.54) is 6.07 Å². The van der Waals surface area contributed by atoms with Crippen LogP contribution in [0.4, 0.5) is 10.1 Å². The van der Waals surface area contributed by atoms with Crippen molar-refractivity contribution in [3.63, 3.8) is 0 Å². The van der Waals surface area contributed by atoms with Gasteiger partial charge in [-0.2, -0.15) is 0 Å². The molecule has 3 aliphatic heterocycles. The summed E-state index contributed by atoms with van der Waals surface area (Å²) in [5, 5.41) is 7.16. The maximum atomic E-state index is 15.2. The molecule has 0 bridgehead atoms. The van der Waals surface area contributed by atoms with Crippen LogP contribution in [0.5, 0.6) is 0 Å². The highest BCUT2D eigenvalue weighted by Gasteiger charge is 2.47. The first kappa shape index (κ1) is 31.0. The Morgan fingerprint density at radius 3 is 2.71 bits per heavy atom. The number of halogens is 2. The quantitative estimate of drug-likeness (QED) is 0.268. The summed E-state index contributed by atoms with van der Waals surface area (Å²) in [7, 11) is 0. The van der Waals surface area contributed by atoms with Crippen molar-refractivity contribution >= 4 is 34.3 Å². The maximum Gasteiger partial charge on any atom is 0.355 e. The molecule has 3 heterocycles. The van der Waals surface area contributed by atoms with Crippen LogP contribution in [0.3, 0.4) is 0 Å². The number of anilines is 1. The second-order valence-electron chi connectivity index (χ2n) is 11.5. The lowest BCUT2D eigenvalue weighted by atomic mass is 9.76. The Hall–Kier alpha value is -2.39. The third-order valence-corrected chi connectivity index (χ3v) is 9.84. The molecule has 3 fully saturated rings. The minimum absolute atomic E-state index is 0.139. The topological polar surface area (TPSA) is 97.9 Å². The number of rotatable bonds is 12. The van der Waals surface area contributed by atoms with E-state index in [2.05, 4.69) is 20.4 Å². The molecule has 1 amide bonds. The van der Waals surface area contributed by atoms with Crippen LogP contribution in [-0.2, 0) is 27.0 Å². The zero-order valence-corrected chi connectivity index (χ0v) is 25.1. The molecule has 2 N–H and O–H groups in total. The highest BCUT2D eigenvalue weighted by molar-refractivity contribution is 7.79. The van der Waals surface area contributed by atoms with E-state index >= 15 is 4.39 Å². The molecule has 11 heteroatoms. The van der Waals surface area contributed by atoms with Gasteiger partial charge in [-0.05, 0) is 74.3 Å². The molecule has 5 rings (SSSR count). The standard InChI is InChI=1S/C31H38ClFN4O4S/c1-34-30(29(21-13-15-41-16-14-21)20-7-9-22(32)10-8-20)31(38)36-26-6-2-5-25(33)24(26)11-12-27-28-19-37(28)23(18-35-27)4-3-17-42(39)40/h1-2,5-10,21,23,27-30,35H,3-4,11-19H2,(H-,36,38,39,40). The molecule has 7 unspecified atom stereocenters. The number of hydrogen-bond donors (Lipinski definition) is 2. The molecule has 0 spiro atoms. The molecule has 0 aromatic heterocycles. The van der Waals surface area contributed by atoms with Crippen molar-refractivity contribution in [2.45, 2.75) is 68.6 Å². The molecule has 0 radical (unpaired) electrons. The van der Waals surface area contributed by atoms with Crippen molar-refractivity contribution in [3.05, 3.63) is 69.3 Å². The molecule has 226 valence electrons. The first-order chi connectivity index (χ1) is 20.4. The van der Waals surface area contributed by atoms with Gasteiger partial charge in [-0.15, -0.1) is 0 Å². The molecule has 8 nitrogen and oxygen atoms in total. The van der Waals surface area contributed by atoms with Gasteiger partial charge in [-0.3, -0.25) is 13.9 Å². The highest BCUT2D eigenvalue weighted by atomic mass is 35.5. The van der Waals surface area contributed by atoms with Gasteiger partial charge in [-0.1, -0.05) is 45.7 Å². The van der Waals surface area contributed by atoms with Gasteiger partial charge in [0.15, 0.2) is 0 Å². The summed E-state index contributed by atoms with van der Waals surface area (Å²) in [5.74, 6) is -0.683. The van der Waals surface area contributed by atoms with E-state index in [-0.39, 0.29) is 35.4 Å². The number of carbonyl (C=O) groups is 1. The van der Waals surface area contributed by atoms with Gasteiger partial charge in [0.25, 0.3) is 6.57 Å². The minimum Gasteiger partial charge on any atom is -0.772 e. The second kappa shape index (κ2) is 14.4. The van der Waals surface area contributed by atoms with Crippen molar-refractivity contribution in [2.24, 2.45) is 5.92 Å². The van der Waals surface area contributed by atoms with Crippen molar-refractivity contribution in [1.29, 1.82) is 0 Å². The SMILES string of the molecule is C#[N+]C(C(=O)Nc1cccc(F)c1CCC1NCC(CCCS(=O)[O-])N2CC12)C(c1ccc(Cl)cc1)C1CCOCC1. The Labute approximate surface area is 254 Å². The van der Waals surface area contributed by atoms with Crippen molar-refractivity contribution < 1.29 is 22.7 Å². The Bertz CT molecular complexity index is 1300. The molecule has 0 saturated carbocycles. The molecular weight excluding hydrogens is 579 g/mol. The van der Waals surface area contributed by atoms with Gasteiger partial charge in [0.05, 0.1) is 5.92 Å². The lowest BCUT2D eigenvalue weighted by Gasteiger charge is -2.31. The van der Waals surface area contributed by atoms with Crippen LogP contribution < -0.4 is 10.6 Å². The zero-order chi connectivity index (χ0) is 29.6. The van der Waals surface area contributed by atoms with Crippen LogP contribution in [0.25, 0.3) is 4.85 Å². The Kier molecular flexibility index (Phi) is 10.6. The van der Waals surface area contributed by atoms with E-state index in [1.54, 1.807) is 24.3 Å². The number of benzene rings is 2. The number of nitrogens with zero attached hydrogens (tertiary/aromatic N) is 2. The number of hydrogen-bond acceptors (Lipinski definition) is 6. The summed E-state index contributed by atoms with van der Waals surface area (Å²) >= 11 is 4.14. The molecule has 2 aromatic rings. The van der Waals surface area contributed by atoms with Crippen molar-refractivity contribution in [3.8, 4) is 6.57 Å². The van der Waals surface area contributed by atoms with Crippen LogP contribution in [0.2, 0.25) is 5.02 Å². The lowest BCUT2D eigenvalue weighted by Crippen LogP contribution is -2.49.